The van der Waals surface area contributed by atoms with Crippen LogP contribution in [0.25, 0.3) is 11.0 Å². The van der Waals surface area contributed by atoms with E-state index in [2.05, 4.69) is 4.98 Å². The van der Waals surface area contributed by atoms with E-state index in [1.165, 1.54) is 0 Å². The molecule has 0 fully saturated rings. The predicted octanol–water partition coefficient (Wildman–Crippen LogP) is 1.89. The molecule has 0 bridgehead atoms. The largest absolute Gasteiger partial charge is 0.618 e. The van der Waals surface area contributed by atoms with Gasteiger partial charge >= 0.3 is 6.18 Å². The normalized spacial score (nSPS) is 11.9. The van der Waals surface area contributed by atoms with Crippen LogP contribution in [0.15, 0.2) is 30.6 Å². The van der Waals surface area contributed by atoms with Gasteiger partial charge in [0.05, 0.1) is 11.8 Å². The van der Waals surface area contributed by atoms with E-state index >= 15 is 0 Å². The number of alkyl halides is 3. The molecule has 0 aliphatic heterocycles. The van der Waals surface area contributed by atoms with Gasteiger partial charge in [0.1, 0.15) is 5.52 Å². The first-order valence-electron chi connectivity index (χ1n) is 4.03. The number of nitrogens with zero attached hydrogens (tertiary/aromatic N) is 2. The zero-order valence-corrected chi connectivity index (χ0v) is 7.32. The second-order valence-electron chi connectivity index (χ2n) is 2.95. The van der Waals surface area contributed by atoms with Crippen LogP contribution in [0.4, 0.5) is 13.2 Å². The van der Waals surface area contributed by atoms with Crippen molar-refractivity contribution in [2.75, 3.05) is 0 Å². The summed E-state index contributed by atoms with van der Waals surface area (Å²) in [4.78, 5) is 3.70. The summed E-state index contributed by atoms with van der Waals surface area (Å²) in [6.45, 7) is 0. The van der Waals surface area contributed by atoms with Crippen LogP contribution >= 0.6 is 0 Å². The smallest absolute Gasteiger partial charge is 0.416 e. The highest BCUT2D eigenvalue weighted by Crippen LogP contribution is 2.30. The molecule has 0 saturated carbocycles. The number of benzene rings is 1. The van der Waals surface area contributed by atoms with Crippen molar-refractivity contribution in [3.8, 4) is 0 Å². The van der Waals surface area contributed by atoms with Crippen molar-refractivity contribution in [1.82, 2.24) is 4.98 Å². The molecule has 0 aliphatic rings. The zero-order valence-electron chi connectivity index (χ0n) is 7.32. The Morgan fingerprint density at radius 3 is 2.67 bits per heavy atom. The highest BCUT2D eigenvalue weighted by molar-refractivity contribution is 5.71. The molecule has 2 rings (SSSR count). The van der Waals surface area contributed by atoms with Crippen LogP contribution in [0.1, 0.15) is 5.56 Å². The Bertz CT molecular complexity index is 510. The average Bonchev–Trinajstić information content (AvgIpc) is 2.16. The molecule has 6 heteroatoms. The summed E-state index contributed by atoms with van der Waals surface area (Å²) in [5, 5.41) is 11.1. The Kier molecular flexibility index (Phi) is 1.99. The molecule has 0 atom stereocenters. The Morgan fingerprint density at radius 2 is 2.00 bits per heavy atom. The predicted molar refractivity (Wildman–Crippen MR) is 45.7 cm³/mol. The number of aromatic nitrogens is 2. The van der Waals surface area contributed by atoms with Crippen LogP contribution in [0.2, 0.25) is 0 Å². The molecule has 0 amide bonds. The minimum absolute atomic E-state index is 0.0299. The Hall–Kier alpha value is -1.85. The number of hydrogen-bond donors (Lipinski definition) is 0. The summed E-state index contributed by atoms with van der Waals surface area (Å²) < 4.78 is 37.4. The summed E-state index contributed by atoms with van der Waals surface area (Å²) >= 11 is 0. The second kappa shape index (κ2) is 3.08. The Labute approximate surface area is 82.4 Å². The van der Waals surface area contributed by atoms with Gasteiger partial charge in [0.2, 0.25) is 5.52 Å². The molecule has 3 nitrogen and oxygen atoms in total. The Morgan fingerprint density at radius 1 is 1.27 bits per heavy atom. The van der Waals surface area contributed by atoms with Crippen LogP contribution in [0.3, 0.4) is 0 Å². The fourth-order valence-electron chi connectivity index (χ4n) is 1.24. The van der Waals surface area contributed by atoms with E-state index in [4.69, 9.17) is 0 Å². The molecule has 78 valence electrons. The van der Waals surface area contributed by atoms with E-state index in [1.807, 2.05) is 0 Å². The first kappa shape index (κ1) is 9.70. The highest BCUT2D eigenvalue weighted by Gasteiger charge is 2.31. The standard InChI is InChI=1S/C9H5F3N2O/c10-9(11,12)6-1-2-8-7(5-6)13-3-4-14(8)15/h1-5H. The van der Waals surface area contributed by atoms with Crippen molar-refractivity contribution in [3.05, 3.63) is 41.4 Å². The molecule has 0 unspecified atom stereocenters. The quantitative estimate of drug-likeness (QED) is 0.496. The topological polar surface area (TPSA) is 39.8 Å². The maximum atomic E-state index is 12.3. The minimum atomic E-state index is -4.42. The van der Waals surface area contributed by atoms with Gasteiger partial charge < -0.3 is 5.21 Å². The molecule has 15 heavy (non-hydrogen) atoms. The van der Waals surface area contributed by atoms with Crippen LogP contribution in [0, 0.1) is 5.21 Å². The van der Waals surface area contributed by atoms with Crippen LogP contribution in [-0.2, 0) is 6.18 Å². The lowest BCUT2D eigenvalue weighted by atomic mass is 10.2. The van der Waals surface area contributed by atoms with Crippen molar-refractivity contribution in [2.45, 2.75) is 6.18 Å². The van der Waals surface area contributed by atoms with Gasteiger partial charge in [-0.3, -0.25) is 0 Å². The molecule has 0 spiro atoms. The number of fused-ring (bicyclic) bond motifs is 1. The van der Waals surface area contributed by atoms with E-state index in [0.717, 1.165) is 30.6 Å². The lowest BCUT2D eigenvalue weighted by Crippen LogP contribution is -2.26. The lowest BCUT2D eigenvalue weighted by Gasteiger charge is -2.06. The van der Waals surface area contributed by atoms with Crippen molar-refractivity contribution in [1.29, 1.82) is 0 Å². The highest BCUT2D eigenvalue weighted by atomic mass is 19.4. The third kappa shape index (κ3) is 1.70. The summed E-state index contributed by atoms with van der Waals surface area (Å²) in [6, 6.07) is 2.82. The van der Waals surface area contributed by atoms with Gasteiger partial charge in [-0.2, -0.15) is 17.9 Å². The van der Waals surface area contributed by atoms with Gasteiger partial charge in [-0.05, 0) is 12.1 Å². The van der Waals surface area contributed by atoms with E-state index in [-0.39, 0.29) is 11.0 Å². The summed E-state index contributed by atoms with van der Waals surface area (Å²) in [6.07, 6.45) is -2.12. The fraction of sp³-hybridized carbons (Fsp3) is 0.111. The van der Waals surface area contributed by atoms with Crippen molar-refractivity contribution < 1.29 is 17.9 Å². The first-order valence-corrected chi connectivity index (χ1v) is 4.03. The lowest BCUT2D eigenvalue weighted by molar-refractivity contribution is -0.577. The van der Waals surface area contributed by atoms with Gasteiger partial charge in [0.15, 0.2) is 6.20 Å². The molecule has 0 saturated heterocycles. The summed E-state index contributed by atoms with van der Waals surface area (Å²) in [7, 11) is 0. The van der Waals surface area contributed by atoms with Crippen LogP contribution < -0.4 is 4.73 Å². The maximum absolute atomic E-state index is 12.3. The fourth-order valence-corrected chi connectivity index (χ4v) is 1.24. The van der Waals surface area contributed by atoms with Crippen LogP contribution in [-0.4, -0.2) is 4.98 Å². The summed E-state index contributed by atoms with van der Waals surface area (Å²) in [5.74, 6) is 0. The van der Waals surface area contributed by atoms with Gasteiger partial charge in [-0.25, -0.2) is 4.98 Å². The van der Waals surface area contributed by atoms with Gasteiger partial charge in [0.25, 0.3) is 0 Å². The van der Waals surface area contributed by atoms with Crippen LogP contribution in [0.5, 0.6) is 0 Å². The van der Waals surface area contributed by atoms with Crippen molar-refractivity contribution in [2.24, 2.45) is 0 Å². The monoisotopic (exact) mass is 214 g/mol. The molecule has 1 aromatic heterocycles. The zero-order chi connectivity index (χ0) is 11.1. The van der Waals surface area contributed by atoms with Crippen molar-refractivity contribution in [3.63, 3.8) is 0 Å². The molecule has 0 radical (unpaired) electrons. The third-order valence-corrected chi connectivity index (χ3v) is 1.96. The Balaban J connectivity index is 2.68. The number of halogens is 3. The molecular weight excluding hydrogens is 209 g/mol. The van der Waals surface area contributed by atoms with E-state index in [0.29, 0.717) is 4.73 Å². The van der Waals surface area contributed by atoms with E-state index in [1.54, 1.807) is 0 Å². The molecule has 2 aromatic rings. The average molecular weight is 214 g/mol. The first-order chi connectivity index (χ1) is 6.98. The molecule has 1 heterocycles. The maximum Gasteiger partial charge on any atom is 0.416 e. The van der Waals surface area contributed by atoms with Gasteiger partial charge in [-0.15, -0.1) is 0 Å². The third-order valence-electron chi connectivity index (χ3n) is 1.96. The van der Waals surface area contributed by atoms with E-state index < -0.39 is 11.7 Å². The van der Waals surface area contributed by atoms with Crippen molar-refractivity contribution >= 4 is 11.0 Å². The SMILES string of the molecule is [O-][n+]1ccnc2cc(C(F)(F)F)ccc21. The molecular formula is C9H5F3N2O. The molecule has 0 aliphatic carbocycles. The van der Waals surface area contributed by atoms with Gasteiger partial charge in [-0.1, -0.05) is 0 Å². The number of rotatable bonds is 0. The second-order valence-corrected chi connectivity index (χ2v) is 2.95. The molecule has 1 aromatic carbocycles. The number of hydrogen-bond acceptors (Lipinski definition) is 2. The summed E-state index contributed by atoms with van der Waals surface area (Å²) in [5.41, 5.74) is -0.665. The van der Waals surface area contributed by atoms with E-state index in [9.17, 15) is 18.4 Å². The van der Waals surface area contributed by atoms with Gasteiger partial charge in [0, 0.05) is 6.07 Å². The minimum Gasteiger partial charge on any atom is -0.618 e. The molecule has 0 N–H and O–H groups in total.